The number of nitrogens with one attached hydrogen (secondary N) is 1. The van der Waals surface area contributed by atoms with Gasteiger partial charge in [0.1, 0.15) is 0 Å². The van der Waals surface area contributed by atoms with E-state index in [-0.39, 0.29) is 28.9 Å². The number of nitrogens with zero attached hydrogens (tertiary/aromatic N) is 1. The van der Waals surface area contributed by atoms with Gasteiger partial charge in [0.2, 0.25) is 10.0 Å². The number of amides is 1. The monoisotopic (exact) mass is 446 g/mol. The Bertz CT molecular complexity index is 1110. The van der Waals surface area contributed by atoms with Crippen molar-refractivity contribution in [3.63, 3.8) is 0 Å². The summed E-state index contributed by atoms with van der Waals surface area (Å²) in [6, 6.07) is 9.86. The number of sulfonamides is 1. The summed E-state index contributed by atoms with van der Waals surface area (Å²) in [6.45, 7) is 3.62. The van der Waals surface area contributed by atoms with E-state index in [1.165, 1.54) is 62.8 Å². The number of methoxy groups -OCH3 is 2. The zero-order chi connectivity index (χ0) is 23.2. The van der Waals surface area contributed by atoms with Crippen molar-refractivity contribution in [2.45, 2.75) is 0 Å². The maximum absolute atomic E-state index is 12.7. The van der Waals surface area contributed by atoms with Gasteiger partial charge in [-0.3, -0.25) is 9.10 Å². The smallest absolute Gasteiger partial charge is 0.339 e. The molecular formula is C21H22N2O7S. The van der Waals surface area contributed by atoms with Crippen LogP contribution >= 0.6 is 0 Å². The van der Waals surface area contributed by atoms with Gasteiger partial charge in [0.15, 0.2) is 0 Å². The Morgan fingerprint density at radius 2 is 1.58 bits per heavy atom. The molecule has 0 aliphatic heterocycles. The first-order valence-electron chi connectivity index (χ1n) is 8.93. The number of carbonyl (C=O) groups excluding carboxylic acids is 3. The fraction of sp³-hybridized carbons (Fsp3) is 0.190. The van der Waals surface area contributed by atoms with E-state index in [2.05, 4.69) is 16.6 Å². The first-order valence-corrected chi connectivity index (χ1v) is 10.8. The van der Waals surface area contributed by atoms with Gasteiger partial charge in [-0.25, -0.2) is 18.0 Å². The molecule has 0 aromatic heterocycles. The summed E-state index contributed by atoms with van der Waals surface area (Å²) in [5, 5.41) is 2.57. The lowest BCUT2D eigenvalue weighted by molar-refractivity contribution is 0.0587. The van der Waals surface area contributed by atoms with E-state index < -0.39 is 27.9 Å². The molecule has 0 unspecified atom stereocenters. The molecule has 164 valence electrons. The largest absolute Gasteiger partial charge is 0.465 e. The predicted molar refractivity (Wildman–Crippen MR) is 116 cm³/mol. The zero-order valence-electron chi connectivity index (χ0n) is 17.2. The Balaban J connectivity index is 2.35. The number of anilines is 2. The molecule has 10 heteroatoms. The van der Waals surface area contributed by atoms with Crippen LogP contribution in [-0.2, 0) is 19.5 Å². The lowest BCUT2D eigenvalue weighted by Crippen LogP contribution is -2.29. The molecule has 0 aliphatic rings. The van der Waals surface area contributed by atoms with Crippen LogP contribution in [0.25, 0.3) is 0 Å². The number of hydrogen-bond donors (Lipinski definition) is 1. The highest BCUT2D eigenvalue weighted by Gasteiger charge is 2.19. The Morgan fingerprint density at radius 3 is 2.10 bits per heavy atom. The molecular weight excluding hydrogens is 424 g/mol. The van der Waals surface area contributed by atoms with E-state index in [1.54, 1.807) is 0 Å². The molecule has 2 rings (SSSR count). The minimum absolute atomic E-state index is 0.0503. The van der Waals surface area contributed by atoms with Crippen LogP contribution in [0.2, 0.25) is 0 Å². The molecule has 0 bridgehead atoms. The van der Waals surface area contributed by atoms with Crippen molar-refractivity contribution in [1.29, 1.82) is 0 Å². The summed E-state index contributed by atoms with van der Waals surface area (Å²) in [7, 11) is -1.13. The molecule has 0 fully saturated rings. The normalized spacial score (nSPS) is 10.7. The molecule has 0 saturated carbocycles. The number of rotatable bonds is 8. The van der Waals surface area contributed by atoms with Gasteiger partial charge in [-0.05, 0) is 42.5 Å². The van der Waals surface area contributed by atoms with Crippen LogP contribution in [0.1, 0.15) is 31.1 Å². The SMILES string of the molecule is C=CCN(c1ccc(C(=O)Nc2cc(C(=O)OC)ccc2C(=O)OC)cc1)S(C)(=O)=O. The quantitative estimate of drug-likeness (QED) is 0.489. The van der Waals surface area contributed by atoms with Gasteiger partial charge in [0, 0.05) is 5.56 Å². The molecule has 31 heavy (non-hydrogen) atoms. The molecule has 1 amide bonds. The maximum Gasteiger partial charge on any atom is 0.339 e. The van der Waals surface area contributed by atoms with Crippen LogP contribution < -0.4 is 9.62 Å². The van der Waals surface area contributed by atoms with Gasteiger partial charge in [0.25, 0.3) is 5.91 Å². The first-order chi connectivity index (χ1) is 14.6. The third-order valence-corrected chi connectivity index (χ3v) is 5.37. The van der Waals surface area contributed by atoms with Crippen molar-refractivity contribution >= 4 is 39.2 Å². The number of hydrogen-bond acceptors (Lipinski definition) is 7. The second-order valence-corrected chi connectivity index (χ2v) is 8.23. The van der Waals surface area contributed by atoms with E-state index in [9.17, 15) is 22.8 Å². The summed E-state index contributed by atoms with van der Waals surface area (Å²) < 4.78 is 34.4. The molecule has 0 aliphatic carbocycles. The lowest BCUT2D eigenvalue weighted by Gasteiger charge is -2.20. The Morgan fingerprint density at radius 1 is 1.00 bits per heavy atom. The van der Waals surface area contributed by atoms with Crippen LogP contribution in [0.5, 0.6) is 0 Å². The minimum atomic E-state index is -3.53. The van der Waals surface area contributed by atoms with Crippen molar-refractivity contribution in [3.05, 3.63) is 71.8 Å². The minimum Gasteiger partial charge on any atom is -0.465 e. The number of carbonyl (C=O) groups is 3. The standard InChI is InChI=1S/C21H22N2O7S/c1-5-12-23(31(4,27)28)16-9-6-14(7-10-16)19(24)22-18-13-15(20(25)29-2)8-11-17(18)21(26)30-3/h5-11,13H,1,12H2,2-4H3,(H,22,24). The highest BCUT2D eigenvalue weighted by molar-refractivity contribution is 7.92. The van der Waals surface area contributed by atoms with Crippen molar-refractivity contribution in [1.82, 2.24) is 0 Å². The van der Waals surface area contributed by atoms with Gasteiger partial charge in [-0.1, -0.05) is 6.08 Å². The van der Waals surface area contributed by atoms with Gasteiger partial charge in [0.05, 0.1) is 49.5 Å². The molecule has 0 spiro atoms. The average Bonchev–Trinajstić information content (AvgIpc) is 2.75. The molecule has 0 saturated heterocycles. The van der Waals surface area contributed by atoms with Gasteiger partial charge < -0.3 is 14.8 Å². The number of ether oxygens (including phenoxy) is 2. The third-order valence-electron chi connectivity index (χ3n) is 4.21. The summed E-state index contributed by atoms with van der Waals surface area (Å²) >= 11 is 0. The molecule has 2 aromatic rings. The second kappa shape index (κ2) is 9.90. The molecule has 0 atom stereocenters. The molecule has 0 radical (unpaired) electrons. The molecule has 0 heterocycles. The summed E-state index contributed by atoms with van der Waals surface area (Å²) in [5.41, 5.74) is 0.814. The number of esters is 2. The van der Waals surface area contributed by atoms with E-state index >= 15 is 0 Å². The van der Waals surface area contributed by atoms with E-state index in [4.69, 9.17) is 4.74 Å². The van der Waals surface area contributed by atoms with Crippen LogP contribution in [0, 0.1) is 0 Å². The highest BCUT2D eigenvalue weighted by atomic mass is 32.2. The topological polar surface area (TPSA) is 119 Å². The van der Waals surface area contributed by atoms with Crippen LogP contribution in [0.4, 0.5) is 11.4 Å². The fourth-order valence-corrected chi connectivity index (χ4v) is 3.58. The average molecular weight is 446 g/mol. The summed E-state index contributed by atoms with van der Waals surface area (Å²) in [6.07, 6.45) is 2.52. The first kappa shape index (κ1) is 23.6. The zero-order valence-corrected chi connectivity index (χ0v) is 18.1. The summed E-state index contributed by atoms with van der Waals surface area (Å²) in [4.78, 5) is 36.5. The lowest BCUT2D eigenvalue weighted by atomic mass is 10.1. The van der Waals surface area contributed by atoms with Crippen molar-refractivity contribution in [3.8, 4) is 0 Å². The Hall–Kier alpha value is -3.66. The molecule has 1 N–H and O–H groups in total. The van der Waals surface area contributed by atoms with Crippen LogP contribution in [0.15, 0.2) is 55.1 Å². The fourth-order valence-electron chi connectivity index (χ4n) is 2.70. The maximum atomic E-state index is 12.7. The van der Waals surface area contributed by atoms with Crippen molar-refractivity contribution in [2.75, 3.05) is 36.6 Å². The van der Waals surface area contributed by atoms with Gasteiger partial charge >= 0.3 is 11.9 Å². The van der Waals surface area contributed by atoms with E-state index in [0.717, 1.165) is 10.6 Å². The second-order valence-electron chi connectivity index (χ2n) is 6.33. The van der Waals surface area contributed by atoms with Gasteiger partial charge in [-0.2, -0.15) is 0 Å². The van der Waals surface area contributed by atoms with E-state index in [0.29, 0.717) is 5.69 Å². The Labute approximate surface area is 180 Å². The predicted octanol–water partition coefficient (Wildman–Crippen LogP) is 2.46. The Kier molecular flexibility index (Phi) is 7.54. The molecule has 9 nitrogen and oxygen atoms in total. The van der Waals surface area contributed by atoms with Crippen LogP contribution in [0.3, 0.4) is 0 Å². The van der Waals surface area contributed by atoms with Crippen molar-refractivity contribution < 1.29 is 32.3 Å². The van der Waals surface area contributed by atoms with E-state index in [1.807, 2.05) is 0 Å². The van der Waals surface area contributed by atoms with Crippen molar-refractivity contribution in [2.24, 2.45) is 0 Å². The third kappa shape index (κ3) is 5.70. The van der Waals surface area contributed by atoms with Gasteiger partial charge in [-0.15, -0.1) is 6.58 Å². The van der Waals surface area contributed by atoms with Crippen LogP contribution in [-0.4, -0.2) is 53.3 Å². The highest BCUT2D eigenvalue weighted by Crippen LogP contribution is 2.22. The summed E-state index contributed by atoms with van der Waals surface area (Å²) in [5.74, 6) is -1.91. The number of benzene rings is 2. The molecule has 2 aromatic carbocycles.